The molecule has 0 spiro atoms. The number of hydrogen-bond acceptors (Lipinski definition) is 6. The van der Waals surface area contributed by atoms with Crippen LogP contribution in [-0.2, 0) is 4.74 Å². The van der Waals surface area contributed by atoms with Crippen LogP contribution in [0.25, 0.3) is 16.6 Å². The summed E-state index contributed by atoms with van der Waals surface area (Å²) in [7, 11) is 1.21. The van der Waals surface area contributed by atoms with Crippen molar-refractivity contribution in [3.05, 3.63) is 42.4 Å². The number of aromatic nitrogens is 4. The van der Waals surface area contributed by atoms with Crippen molar-refractivity contribution < 1.29 is 13.9 Å². The van der Waals surface area contributed by atoms with E-state index in [0.29, 0.717) is 10.9 Å². The molecule has 0 aliphatic heterocycles. The molecule has 0 bridgehead atoms. The Morgan fingerprint density at radius 3 is 3.00 bits per heavy atom. The normalized spacial score (nSPS) is 10.8. The number of benzene rings is 1. The molecule has 2 N–H and O–H groups in total. The highest BCUT2D eigenvalue weighted by Crippen LogP contribution is 2.27. The summed E-state index contributed by atoms with van der Waals surface area (Å²) < 4.78 is 19.9. The minimum atomic E-state index is -0.707. The molecule has 0 aliphatic rings. The number of nitrogens with two attached hydrogens (primary N) is 1. The fraction of sp³-hybridized carbons (Fsp3) is 0.0769. The Bertz CT molecular complexity index is 846. The third-order valence-electron chi connectivity index (χ3n) is 2.94. The van der Waals surface area contributed by atoms with Crippen molar-refractivity contribution in [2.24, 2.45) is 0 Å². The summed E-state index contributed by atoms with van der Waals surface area (Å²) in [4.78, 5) is 19.3. The highest BCUT2D eigenvalue weighted by molar-refractivity contribution is 5.95. The molecule has 1 aromatic carbocycles. The fourth-order valence-electron chi connectivity index (χ4n) is 2.00. The van der Waals surface area contributed by atoms with Crippen molar-refractivity contribution >= 4 is 22.6 Å². The van der Waals surface area contributed by atoms with Crippen molar-refractivity contribution in [3.63, 3.8) is 0 Å². The summed E-state index contributed by atoms with van der Waals surface area (Å²) in [5, 5.41) is 4.49. The van der Waals surface area contributed by atoms with E-state index in [2.05, 4.69) is 19.8 Å². The van der Waals surface area contributed by atoms with E-state index in [1.54, 1.807) is 12.1 Å². The van der Waals surface area contributed by atoms with Crippen LogP contribution in [0.5, 0.6) is 0 Å². The smallest absolute Gasteiger partial charge is 0.377 e. The minimum Gasteiger partial charge on any atom is -0.463 e. The van der Waals surface area contributed by atoms with Crippen LogP contribution >= 0.6 is 0 Å². The Morgan fingerprint density at radius 2 is 2.24 bits per heavy atom. The molecule has 0 saturated heterocycles. The first-order valence-electron chi connectivity index (χ1n) is 5.95. The summed E-state index contributed by atoms with van der Waals surface area (Å²) in [6.45, 7) is 0. The maximum atomic E-state index is 14.2. The van der Waals surface area contributed by atoms with E-state index in [4.69, 9.17) is 5.73 Å². The molecule has 7 nitrogen and oxygen atoms in total. The second kappa shape index (κ2) is 4.82. The van der Waals surface area contributed by atoms with Crippen molar-refractivity contribution in [1.82, 2.24) is 19.7 Å². The molecule has 21 heavy (non-hydrogen) atoms. The van der Waals surface area contributed by atoms with Crippen molar-refractivity contribution in [2.75, 3.05) is 12.8 Å². The Kier molecular flexibility index (Phi) is 2.98. The molecule has 0 radical (unpaired) electrons. The number of carbonyl (C=O) groups excluding carboxylic acids is 1. The van der Waals surface area contributed by atoms with Crippen LogP contribution in [0.4, 0.5) is 10.1 Å². The lowest BCUT2D eigenvalue weighted by atomic mass is 10.1. The number of halogens is 1. The SMILES string of the molecule is COC(=O)c1ncn(-c2c(F)cc(N)c3cccnc23)n1. The zero-order chi connectivity index (χ0) is 15.0. The third kappa shape index (κ3) is 2.06. The van der Waals surface area contributed by atoms with Gasteiger partial charge in [0.2, 0.25) is 0 Å². The van der Waals surface area contributed by atoms with Gasteiger partial charge >= 0.3 is 5.97 Å². The lowest BCUT2D eigenvalue weighted by Crippen LogP contribution is -2.07. The first-order chi connectivity index (χ1) is 10.1. The van der Waals surface area contributed by atoms with Crippen molar-refractivity contribution in [1.29, 1.82) is 0 Å². The van der Waals surface area contributed by atoms with Gasteiger partial charge in [-0.15, -0.1) is 5.10 Å². The van der Waals surface area contributed by atoms with Gasteiger partial charge in [0.25, 0.3) is 5.82 Å². The number of fused-ring (bicyclic) bond motifs is 1. The first kappa shape index (κ1) is 13.0. The highest BCUT2D eigenvalue weighted by atomic mass is 19.1. The van der Waals surface area contributed by atoms with Gasteiger partial charge in [0.1, 0.15) is 17.5 Å². The molecular formula is C13H10FN5O2. The number of nitrogen functional groups attached to an aromatic ring is 1. The van der Waals surface area contributed by atoms with Crippen LogP contribution in [0.15, 0.2) is 30.7 Å². The lowest BCUT2D eigenvalue weighted by Gasteiger charge is -2.08. The highest BCUT2D eigenvalue weighted by Gasteiger charge is 2.18. The van der Waals surface area contributed by atoms with Gasteiger partial charge < -0.3 is 10.5 Å². The molecule has 0 amide bonds. The minimum absolute atomic E-state index is 0.0717. The molecule has 3 rings (SSSR count). The molecule has 0 fully saturated rings. The third-order valence-corrected chi connectivity index (χ3v) is 2.94. The quantitative estimate of drug-likeness (QED) is 0.564. The number of carbonyl (C=O) groups is 1. The Hall–Kier alpha value is -3.03. The average molecular weight is 287 g/mol. The number of hydrogen-bond donors (Lipinski definition) is 1. The van der Waals surface area contributed by atoms with Gasteiger partial charge in [-0.3, -0.25) is 4.98 Å². The van der Waals surface area contributed by atoms with E-state index >= 15 is 0 Å². The van der Waals surface area contributed by atoms with E-state index in [-0.39, 0.29) is 17.2 Å². The predicted molar refractivity (Wildman–Crippen MR) is 72.4 cm³/mol. The van der Waals surface area contributed by atoms with Crippen LogP contribution in [-0.4, -0.2) is 32.8 Å². The van der Waals surface area contributed by atoms with Crippen LogP contribution in [0, 0.1) is 5.82 Å². The fourth-order valence-corrected chi connectivity index (χ4v) is 2.00. The summed E-state index contributed by atoms with van der Waals surface area (Å²) in [6.07, 6.45) is 2.73. The number of esters is 1. The molecule has 106 valence electrons. The second-order valence-corrected chi connectivity index (χ2v) is 4.20. The van der Waals surface area contributed by atoms with Gasteiger partial charge in [-0.2, -0.15) is 0 Å². The zero-order valence-corrected chi connectivity index (χ0v) is 10.9. The van der Waals surface area contributed by atoms with Crippen LogP contribution in [0.2, 0.25) is 0 Å². The van der Waals surface area contributed by atoms with Gasteiger partial charge in [-0.1, -0.05) is 0 Å². The molecule has 8 heteroatoms. The number of rotatable bonds is 2. The molecule has 0 unspecified atom stereocenters. The van der Waals surface area contributed by atoms with Crippen molar-refractivity contribution in [2.45, 2.75) is 0 Å². The average Bonchev–Trinajstić information content (AvgIpc) is 2.96. The number of anilines is 1. The molecular weight excluding hydrogens is 277 g/mol. The maximum Gasteiger partial charge on any atom is 0.377 e. The predicted octanol–water partition coefficient (Wildman–Crippen LogP) is 1.32. The Balaban J connectivity index is 2.25. The number of pyridine rings is 1. The molecule has 0 aliphatic carbocycles. The van der Waals surface area contributed by atoms with Crippen LogP contribution in [0.1, 0.15) is 10.6 Å². The van der Waals surface area contributed by atoms with E-state index in [1.807, 2.05) is 0 Å². The van der Waals surface area contributed by atoms with Gasteiger partial charge in [0.15, 0.2) is 5.82 Å². The van der Waals surface area contributed by atoms with E-state index in [0.717, 1.165) is 4.68 Å². The zero-order valence-electron chi connectivity index (χ0n) is 10.9. The standard InChI is InChI=1S/C13H10FN5O2/c1-21-13(20)12-17-6-19(18-12)11-8(14)5-9(15)7-3-2-4-16-10(7)11/h2-6H,15H2,1H3. The molecule has 2 aromatic heterocycles. The molecule has 0 atom stereocenters. The topological polar surface area (TPSA) is 95.9 Å². The number of nitrogens with zero attached hydrogens (tertiary/aromatic N) is 4. The molecule has 2 heterocycles. The second-order valence-electron chi connectivity index (χ2n) is 4.20. The van der Waals surface area contributed by atoms with Gasteiger partial charge in [-0.25, -0.2) is 18.9 Å². The summed E-state index contributed by atoms with van der Waals surface area (Å²) in [6, 6.07) is 4.60. The molecule has 0 saturated carbocycles. The summed E-state index contributed by atoms with van der Waals surface area (Å²) >= 11 is 0. The van der Waals surface area contributed by atoms with Crippen LogP contribution in [0.3, 0.4) is 0 Å². The number of methoxy groups -OCH3 is 1. The summed E-state index contributed by atoms with van der Waals surface area (Å²) in [5.41, 5.74) is 6.45. The van der Waals surface area contributed by atoms with E-state index < -0.39 is 11.8 Å². The summed E-state index contributed by atoms with van der Waals surface area (Å²) in [5.74, 6) is -1.49. The number of ether oxygens (including phenoxy) is 1. The maximum absolute atomic E-state index is 14.2. The Labute approximate surface area is 118 Å². The largest absolute Gasteiger partial charge is 0.463 e. The molecule has 3 aromatic rings. The Morgan fingerprint density at radius 1 is 1.43 bits per heavy atom. The monoisotopic (exact) mass is 287 g/mol. The lowest BCUT2D eigenvalue weighted by molar-refractivity contribution is 0.0587. The van der Waals surface area contributed by atoms with Crippen molar-refractivity contribution in [3.8, 4) is 5.69 Å². The van der Waals surface area contributed by atoms with E-state index in [9.17, 15) is 9.18 Å². The van der Waals surface area contributed by atoms with Gasteiger partial charge in [0.05, 0.1) is 7.11 Å². The first-order valence-corrected chi connectivity index (χ1v) is 5.95. The van der Waals surface area contributed by atoms with Crippen LogP contribution < -0.4 is 5.73 Å². The van der Waals surface area contributed by atoms with Gasteiger partial charge in [-0.05, 0) is 18.2 Å². The van der Waals surface area contributed by atoms with E-state index in [1.165, 1.54) is 25.7 Å². The van der Waals surface area contributed by atoms with Gasteiger partial charge in [0, 0.05) is 17.3 Å².